The summed E-state index contributed by atoms with van der Waals surface area (Å²) in [4.78, 5) is 0. The summed E-state index contributed by atoms with van der Waals surface area (Å²) in [7, 11) is 0. The van der Waals surface area contributed by atoms with Gasteiger partial charge in [0.2, 0.25) is 0 Å². The van der Waals surface area contributed by atoms with Crippen molar-refractivity contribution in [2.75, 3.05) is 26.2 Å². The maximum Gasteiger partial charge on any atom is 0.137 e. The van der Waals surface area contributed by atoms with Crippen LogP contribution in [0.25, 0.3) is 10.6 Å². The molecule has 0 fully saturated rings. The van der Waals surface area contributed by atoms with Gasteiger partial charge in [0.15, 0.2) is 0 Å². The molecule has 5 heteroatoms. The molecule has 0 radical (unpaired) electrons. The minimum absolute atomic E-state index is 0. The van der Waals surface area contributed by atoms with Crippen LogP contribution in [0.2, 0.25) is 0 Å². The highest BCUT2D eigenvalue weighted by Crippen LogP contribution is 2.35. The molecule has 3 aromatic rings. The lowest BCUT2D eigenvalue weighted by molar-refractivity contribution is -0.877. The normalized spacial score (nSPS) is 12.0. The van der Waals surface area contributed by atoms with Crippen molar-refractivity contribution in [3.8, 4) is 5.75 Å². The van der Waals surface area contributed by atoms with Gasteiger partial charge in [0.1, 0.15) is 18.9 Å². The smallest absolute Gasteiger partial charge is 0.137 e. The summed E-state index contributed by atoms with van der Waals surface area (Å²) in [6, 6.07) is 28.0. The lowest BCUT2D eigenvalue weighted by Crippen LogP contribution is -2.44. The van der Waals surface area contributed by atoms with Crippen molar-refractivity contribution in [2.24, 2.45) is 0 Å². The summed E-state index contributed by atoms with van der Waals surface area (Å²) in [5.41, 5.74) is 4.02. The Morgan fingerprint density at radius 3 is 1.77 bits per heavy atom. The zero-order chi connectivity index (χ0) is 21.4. The Labute approximate surface area is 196 Å². The van der Waals surface area contributed by atoms with Crippen LogP contribution in [0.4, 0.5) is 0 Å². The Morgan fingerprint density at radius 1 is 0.774 bits per heavy atom. The van der Waals surface area contributed by atoms with Gasteiger partial charge in [0.05, 0.1) is 18.1 Å². The molecule has 0 heterocycles. The number of hydrogen-bond donors (Lipinski definition) is 0. The van der Waals surface area contributed by atoms with Gasteiger partial charge in [-0.2, -0.15) is 0 Å². The van der Waals surface area contributed by atoms with Crippen LogP contribution in [-0.4, -0.2) is 30.9 Å². The van der Waals surface area contributed by atoms with Crippen molar-refractivity contribution < 1.29 is 9.38 Å². The Kier molecular flexibility index (Phi) is 9.60. The van der Waals surface area contributed by atoms with Crippen LogP contribution in [0.5, 0.6) is 5.75 Å². The first-order valence-electron chi connectivity index (χ1n) is 10.4. The lowest BCUT2D eigenvalue weighted by atomic mass is 9.95. The molecule has 0 bridgehead atoms. The molecule has 31 heavy (non-hydrogen) atoms. The van der Waals surface area contributed by atoms with Gasteiger partial charge in [0, 0.05) is 5.57 Å². The molecule has 0 spiro atoms. The van der Waals surface area contributed by atoms with Crippen LogP contribution in [0.15, 0.2) is 84.9 Å². The van der Waals surface area contributed by atoms with Gasteiger partial charge in [0.25, 0.3) is 0 Å². The lowest BCUT2D eigenvalue weighted by Gasteiger charge is -2.40. The zero-order valence-corrected chi connectivity index (χ0v) is 19.5. The Balaban J connectivity index is 0.00000341. The van der Waals surface area contributed by atoms with Crippen molar-refractivity contribution in [1.29, 1.82) is 0 Å². The topological polar surface area (TPSA) is 32.3 Å². The Morgan fingerprint density at radius 2 is 1.26 bits per heavy atom. The molecule has 164 valence electrons. The van der Waals surface area contributed by atoms with E-state index in [-0.39, 0.29) is 17.1 Å². The summed E-state index contributed by atoms with van der Waals surface area (Å²) in [5.74, 6) is 0.751. The van der Waals surface area contributed by atoms with Crippen LogP contribution in [-0.2, 0) is 0 Å². The van der Waals surface area contributed by atoms with E-state index >= 15 is 0 Å². The molecule has 0 amide bonds. The fraction of sp³-hybridized carbons (Fsp3) is 0.231. The minimum Gasteiger partial charge on any atom is -0.633 e. The third-order valence-corrected chi connectivity index (χ3v) is 5.78. The maximum absolute atomic E-state index is 12.4. The minimum atomic E-state index is -0.230. The molecule has 0 unspecified atom stereocenters. The first-order chi connectivity index (χ1) is 14.6. The van der Waals surface area contributed by atoms with Crippen molar-refractivity contribution >= 4 is 34.6 Å². The van der Waals surface area contributed by atoms with E-state index in [1.54, 1.807) is 0 Å². The molecule has 0 aliphatic carbocycles. The summed E-state index contributed by atoms with van der Waals surface area (Å²) < 4.78 is 5.60. The maximum atomic E-state index is 12.4. The number of nitrogens with zero attached hydrogens (tertiary/aromatic N) is 1. The fourth-order valence-electron chi connectivity index (χ4n) is 3.34. The average molecular weight is 458 g/mol. The molecule has 3 rings (SSSR count). The molecular formula is C26H29Cl2NO2. The molecule has 0 saturated carbocycles. The number of hydrogen-bond acceptors (Lipinski definition) is 2. The Hall–Kier alpha value is -2.30. The van der Waals surface area contributed by atoms with Crippen LogP contribution in [0.1, 0.15) is 30.5 Å². The SMILES string of the molecule is CC[N+]([O-])(CC)CCOc1ccc(C(=C(Cl)c2ccccc2)c2ccccc2)cc1.Cl. The van der Waals surface area contributed by atoms with Gasteiger partial charge >= 0.3 is 0 Å². The van der Waals surface area contributed by atoms with Gasteiger partial charge < -0.3 is 14.6 Å². The number of quaternary nitrogens is 1. The monoisotopic (exact) mass is 457 g/mol. The fourth-order valence-corrected chi connectivity index (χ4v) is 3.69. The third kappa shape index (κ3) is 6.59. The molecule has 0 aliphatic rings. The summed E-state index contributed by atoms with van der Waals surface area (Å²) >= 11 is 6.86. The highest BCUT2D eigenvalue weighted by Gasteiger charge is 2.14. The molecule has 0 N–H and O–H groups in total. The molecule has 0 atom stereocenters. The number of hydroxylamine groups is 3. The van der Waals surface area contributed by atoms with Crippen molar-refractivity contribution in [2.45, 2.75) is 13.8 Å². The second kappa shape index (κ2) is 11.9. The van der Waals surface area contributed by atoms with Crippen LogP contribution in [0.3, 0.4) is 0 Å². The molecule has 3 nitrogen and oxygen atoms in total. The first kappa shape index (κ1) is 25.0. The van der Waals surface area contributed by atoms with E-state index in [9.17, 15) is 5.21 Å². The number of ether oxygens (including phenoxy) is 1. The Bertz CT molecular complexity index is 954. The van der Waals surface area contributed by atoms with Crippen LogP contribution in [0, 0.1) is 5.21 Å². The standard InChI is InChI=1S/C26H28ClNO2.ClH/c1-3-28(29,4-2)19-20-30-24-17-15-22(16-18-24)25(21-11-7-5-8-12-21)26(27)23-13-9-6-10-14-23;/h5-18H,3-4,19-20H2,1-2H3;1H. The zero-order valence-electron chi connectivity index (χ0n) is 18.0. The predicted octanol–water partition coefficient (Wildman–Crippen LogP) is 7.00. The van der Waals surface area contributed by atoms with E-state index in [1.165, 1.54) is 0 Å². The number of likely N-dealkylation sites (N-methyl/N-ethyl adjacent to an activating group) is 1. The third-order valence-electron chi connectivity index (χ3n) is 5.37. The van der Waals surface area contributed by atoms with E-state index in [4.69, 9.17) is 16.3 Å². The van der Waals surface area contributed by atoms with E-state index in [2.05, 4.69) is 12.1 Å². The second-order valence-corrected chi connectivity index (χ2v) is 7.59. The van der Waals surface area contributed by atoms with Crippen molar-refractivity contribution in [3.05, 3.63) is 107 Å². The number of rotatable bonds is 9. The van der Waals surface area contributed by atoms with Gasteiger partial charge in [-0.3, -0.25) is 0 Å². The summed E-state index contributed by atoms with van der Waals surface area (Å²) in [6.07, 6.45) is 0. The quantitative estimate of drug-likeness (QED) is 0.197. The van der Waals surface area contributed by atoms with Crippen molar-refractivity contribution in [3.63, 3.8) is 0 Å². The molecule has 0 saturated heterocycles. The van der Waals surface area contributed by atoms with E-state index < -0.39 is 0 Å². The van der Waals surface area contributed by atoms with Gasteiger partial charge in [-0.1, -0.05) is 84.4 Å². The van der Waals surface area contributed by atoms with Gasteiger partial charge in [-0.05, 0) is 42.7 Å². The highest BCUT2D eigenvalue weighted by molar-refractivity contribution is 6.53. The van der Waals surface area contributed by atoms with Gasteiger partial charge in [-0.15, -0.1) is 12.4 Å². The molecule has 0 aromatic heterocycles. The van der Waals surface area contributed by atoms with Crippen molar-refractivity contribution in [1.82, 2.24) is 0 Å². The van der Waals surface area contributed by atoms with Gasteiger partial charge in [-0.25, -0.2) is 0 Å². The van der Waals surface area contributed by atoms with E-state index in [0.29, 0.717) is 31.3 Å². The highest BCUT2D eigenvalue weighted by atomic mass is 35.5. The van der Waals surface area contributed by atoms with E-state index in [1.807, 2.05) is 86.6 Å². The first-order valence-corrected chi connectivity index (χ1v) is 10.7. The largest absolute Gasteiger partial charge is 0.633 e. The molecule has 3 aromatic carbocycles. The number of benzene rings is 3. The van der Waals surface area contributed by atoms with Crippen LogP contribution < -0.4 is 4.74 Å². The number of halogens is 2. The van der Waals surface area contributed by atoms with E-state index in [0.717, 1.165) is 28.0 Å². The molecular weight excluding hydrogens is 429 g/mol. The molecule has 0 aliphatic heterocycles. The average Bonchev–Trinajstić information content (AvgIpc) is 2.81. The summed E-state index contributed by atoms with van der Waals surface area (Å²) in [5, 5.41) is 13.1. The van der Waals surface area contributed by atoms with Crippen LogP contribution >= 0.6 is 24.0 Å². The second-order valence-electron chi connectivity index (χ2n) is 7.21. The predicted molar refractivity (Wildman–Crippen MR) is 133 cm³/mol. The summed E-state index contributed by atoms with van der Waals surface area (Å²) in [6.45, 7) is 5.79.